The SMILES string of the molecule is CCCCCCCCCCCCCCCCCCCCCC(=O)O[C@H](COC(=O)CCCCCCCCCCCCCCCC(C)C)COP(=O)(O)OC[C@@H](O)COP(=O)(O)OC[C@@H](COC(=O)CCCCCCCCCCCCC)OC(=O)CCCCCCCCCCCCCCC. The summed E-state index contributed by atoms with van der Waals surface area (Å²) in [4.78, 5) is 73.0. The minimum absolute atomic E-state index is 0.108. The lowest BCUT2D eigenvalue weighted by Gasteiger charge is -2.21. The second kappa shape index (κ2) is 73.0. The van der Waals surface area contributed by atoms with Crippen LogP contribution >= 0.6 is 15.6 Å². The van der Waals surface area contributed by atoms with Gasteiger partial charge in [0, 0.05) is 25.7 Å². The van der Waals surface area contributed by atoms with Crippen molar-refractivity contribution < 1.29 is 80.2 Å². The van der Waals surface area contributed by atoms with E-state index in [4.69, 9.17) is 37.0 Å². The molecule has 0 aliphatic rings. The van der Waals surface area contributed by atoms with Crippen LogP contribution in [0.1, 0.15) is 426 Å². The number of hydrogen-bond acceptors (Lipinski definition) is 15. The van der Waals surface area contributed by atoms with Crippen LogP contribution in [0.3, 0.4) is 0 Å². The Balaban J connectivity index is 5.24. The van der Waals surface area contributed by atoms with Crippen LogP contribution < -0.4 is 0 Å². The highest BCUT2D eigenvalue weighted by atomic mass is 31.2. The van der Waals surface area contributed by atoms with E-state index in [-0.39, 0.29) is 25.7 Å². The average Bonchev–Trinajstić information content (AvgIpc) is 1.11. The molecule has 0 aliphatic heterocycles. The lowest BCUT2D eigenvalue weighted by atomic mass is 10.0. The van der Waals surface area contributed by atoms with Crippen molar-refractivity contribution >= 4 is 39.5 Å². The van der Waals surface area contributed by atoms with Crippen LogP contribution in [0, 0.1) is 5.92 Å². The van der Waals surface area contributed by atoms with Crippen LogP contribution in [0.4, 0.5) is 0 Å². The summed E-state index contributed by atoms with van der Waals surface area (Å²) in [6.45, 7) is 7.34. The molecule has 0 bridgehead atoms. The topological polar surface area (TPSA) is 237 Å². The van der Waals surface area contributed by atoms with E-state index in [2.05, 4.69) is 34.6 Å². The summed E-state index contributed by atoms with van der Waals surface area (Å²) in [6, 6.07) is 0. The smallest absolute Gasteiger partial charge is 0.462 e. The van der Waals surface area contributed by atoms with Gasteiger partial charge in [0.05, 0.1) is 26.4 Å². The van der Waals surface area contributed by atoms with E-state index in [1.807, 2.05) is 0 Å². The quantitative estimate of drug-likeness (QED) is 0.0222. The Hall–Kier alpha value is -1.94. The first-order chi connectivity index (χ1) is 48.0. The molecule has 0 aromatic heterocycles. The first kappa shape index (κ1) is 97.1. The summed E-state index contributed by atoms with van der Waals surface area (Å²) in [7, 11) is -9.92. The van der Waals surface area contributed by atoms with Crippen LogP contribution in [0.25, 0.3) is 0 Å². The van der Waals surface area contributed by atoms with Gasteiger partial charge in [0.25, 0.3) is 0 Å². The third-order valence-electron chi connectivity index (χ3n) is 18.8. The summed E-state index contributed by atoms with van der Waals surface area (Å²) in [5.41, 5.74) is 0. The highest BCUT2D eigenvalue weighted by Gasteiger charge is 2.30. The fourth-order valence-corrected chi connectivity index (χ4v) is 14.0. The summed E-state index contributed by atoms with van der Waals surface area (Å²) in [5.74, 6) is -1.31. The average molecular weight is 1450 g/mol. The van der Waals surface area contributed by atoms with Crippen LogP contribution in [0.15, 0.2) is 0 Å². The second-order valence-corrected chi connectivity index (χ2v) is 32.2. The van der Waals surface area contributed by atoms with Gasteiger partial charge in [0.2, 0.25) is 0 Å². The number of aliphatic hydroxyl groups excluding tert-OH is 1. The molecule has 99 heavy (non-hydrogen) atoms. The number of aliphatic hydroxyl groups is 1. The van der Waals surface area contributed by atoms with Crippen molar-refractivity contribution in [3.63, 3.8) is 0 Å². The summed E-state index contributed by atoms with van der Waals surface area (Å²) in [5, 5.41) is 10.6. The summed E-state index contributed by atoms with van der Waals surface area (Å²) >= 11 is 0. The number of ether oxygens (including phenoxy) is 4. The van der Waals surface area contributed by atoms with Gasteiger partial charge in [-0.3, -0.25) is 37.3 Å². The van der Waals surface area contributed by atoms with Gasteiger partial charge in [0.15, 0.2) is 12.2 Å². The molecule has 5 atom stereocenters. The molecule has 0 saturated heterocycles. The number of carbonyl (C=O) groups excluding carboxylic acids is 4. The van der Waals surface area contributed by atoms with E-state index in [0.717, 1.165) is 95.8 Å². The maximum absolute atomic E-state index is 13.1. The summed E-state index contributed by atoms with van der Waals surface area (Å²) < 4.78 is 68.7. The molecule has 0 radical (unpaired) electrons. The molecule has 0 fully saturated rings. The third kappa shape index (κ3) is 74.1. The first-order valence-corrected chi connectivity index (χ1v) is 44.6. The van der Waals surface area contributed by atoms with Crippen molar-refractivity contribution in [2.45, 2.75) is 445 Å². The standard InChI is InChI=1S/C80H156O17P2/c1-6-9-12-15-18-21-24-26-27-28-29-30-31-35-41-46-51-56-61-66-80(85)97-76(70-91-78(83)64-59-54-49-44-39-36-32-34-38-42-47-52-57-62-73(4)5)72-95-99(88,89)93-68-74(81)67-92-98(86,87)94-71-75(69-90-77(82)63-58-53-48-43-37-23-20-17-14-11-8-3)96-79(84)65-60-55-50-45-40-33-25-22-19-16-13-10-7-2/h73-76,81H,6-72H2,1-5H3,(H,86,87)(H,88,89)/t74-,75+,76+/m0/s1. The maximum Gasteiger partial charge on any atom is 0.472 e. The first-order valence-electron chi connectivity index (χ1n) is 41.6. The Morgan fingerprint density at radius 3 is 0.687 bits per heavy atom. The predicted octanol–water partition coefficient (Wildman–Crippen LogP) is 24.0. The van der Waals surface area contributed by atoms with Crippen molar-refractivity contribution in [1.82, 2.24) is 0 Å². The zero-order valence-electron chi connectivity index (χ0n) is 64.6. The number of unbranched alkanes of at least 4 members (excludes halogenated alkanes) is 52. The zero-order chi connectivity index (χ0) is 72.7. The molecular weight excluding hydrogens is 1290 g/mol. The van der Waals surface area contributed by atoms with E-state index >= 15 is 0 Å². The van der Waals surface area contributed by atoms with Gasteiger partial charge in [-0.15, -0.1) is 0 Å². The molecule has 0 rings (SSSR count). The molecule has 2 unspecified atom stereocenters. The Bertz CT molecular complexity index is 1890. The van der Waals surface area contributed by atoms with Crippen molar-refractivity contribution in [2.75, 3.05) is 39.6 Å². The van der Waals surface area contributed by atoms with Gasteiger partial charge in [-0.1, -0.05) is 375 Å². The predicted molar refractivity (Wildman–Crippen MR) is 405 cm³/mol. The molecule has 3 N–H and O–H groups in total. The van der Waals surface area contributed by atoms with E-state index in [9.17, 15) is 43.2 Å². The third-order valence-corrected chi connectivity index (χ3v) is 20.7. The van der Waals surface area contributed by atoms with Crippen molar-refractivity contribution in [3.05, 3.63) is 0 Å². The monoisotopic (exact) mass is 1450 g/mol. The Morgan fingerprint density at radius 2 is 0.465 bits per heavy atom. The number of phosphoric ester groups is 2. The number of rotatable bonds is 80. The molecule has 0 aliphatic carbocycles. The molecule has 0 saturated carbocycles. The van der Waals surface area contributed by atoms with Gasteiger partial charge in [-0.2, -0.15) is 0 Å². The molecule has 0 amide bonds. The van der Waals surface area contributed by atoms with Gasteiger partial charge in [-0.05, 0) is 31.6 Å². The fourth-order valence-electron chi connectivity index (χ4n) is 12.4. The van der Waals surface area contributed by atoms with Gasteiger partial charge in [0.1, 0.15) is 19.3 Å². The highest BCUT2D eigenvalue weighted by Crippen LogP contribution is 2.45. The van der Waals surface area contributed by atoms with Crippen molar-refractivity contribution in [1.29, 1.82) is 0 Å². The minimum atomic E-state index is -4.96. The van der Waals surface area contributed by atoms with Gasteiger partial charge in [-0.25, -0.2) is 9.13 Å². The van der Waals surface area contributed by atoms with Crippen molar-refractivity contribution in [2.24, 2.45) is 5.92 Å². The lowest BCUT2D eigenvalue weighted by molar-refractivity contribution is -0.161. The van der Waals surface area contributed by atoms with E-state index in [1.54, 1.807) is 0 Å². The lowest BCUT2D eigenvalue weighted by Crippen LogP contribution is -2.30. The van der Waals surface area contributed by atoms with Crippen molar-refractivity contribution in [3.8, 4) is 0 Å². The van der Waals surface area contributed by atoms with Gasteiger partial charge < -0.3 is 33.8 Å². The second-order valence-electron chi connectivity index (χ2n) is 29.3. The van der Waals surface area contributed by atoms with E-state index < -0.39 is 97.5 Å². The molecular formula is C80H156O17P2. The molecule has 0 aromatic carbocycles. The highest BCUT2D eigenvalue weighted by molar-refractivity contribution is 7.47. The number of carbonyl (C=O) groups is 4. The van der Waals surface area contributed by atoms with Crippen LogP contribution in [0.2, 0.25) is 0 Å². The fraction of sp³-hybridized carbons (Fsp3) is 0.950. The van der Waals surface area contributed by atoms with E-state index in [0.29, 0.717) is 25.7 Å². The van der Waals surface area contributed by atoms with Gasteiger partial charge >= 0.3 is 39.5 Å². The minimum Gasteiger partial charge on any atom is -0.462 e. The summed E-state index contributed by atoms with van der Waals surface area (Å²) in [6.07, 6.45) is 63.7. The molecule has 588 valence electrons. The molecule has 17 nitrogen and oxygen atoms in total. The van der Waals surface area contributed by atoms with Crippen LogP contribution in [0.5, 0.6) is 0 Å². The normalized spacial score (nSPS) is 13.9. The number of hydrogen-bond donors (Lipinski definition) is 3. The molecule has 0 spiro atoms. The van der Waals surface area contributed by atoms with E-state index in [1.165, 1.54) is 250 Å². The van der Waals surface area contributed by atoms with Crippen LogP contribution in [-0.2, 0) is 65.4 Å². The molecule has 19 heteroatoms. The Labute approximate surface area is 607 Å². The Morgan fingerprint density at radius 1 is 0.273 bits per heavy atom. The maximum atomic E-state index is 13.1. The largest absolute Gasteiger partial charge is 0.472 e. The molecule has 0 heterocycles. The number of esters is 4. The number of phosphoric acid groups is 2. The van der Waals surface area contributed by atoms with Crippen LogP contribution in [-0.4, -0.2) is 96.7 Å². The Kier molecular flexibility index (Phi) is 71.6. The molecule has 0 aromatic rings. The zero-order valence-corrected chi connectivity index (χ0v) is 66.4.